The number of piperidine rings is 1. The van der Waals surface area contributed by atoms with E-state index in [0.29, 0.717) is 12.5 Å². The molecule has 7 nitrogen and oxygen atoms in total. The first-order valence-corrected chi connectivity index (χ1v) is 10.4. The first-order chi connectivity index (χ1) is 13.7. The van der Waals surface area contributed by atoms with E-state index in [9.17, 15) is 4.79 Å². The molecular weight excluding hydrogens is 423 g/mol. The first-order valence-electron chi connectivity index (χ1n) is 10.4. The van der Waals surface area contributed by atoms with Crippen molar-refractivity contribution in [1.29, 1.82) is 0 Å². The zero-order valence-electron chi connectivity index (χ0n) is 17.5. The Hall–Kier alpha value is -1.83. The summed E-state index contributed by atoms with van der Waals surface area (Å²) >= 11 is 0. The maximum absolute atomic E-state index is 12.8. The number of amides is 1. The van der Waals surface area contributed by atoms with Crippen molar-refractivity contribution in [3.63, 3.8) is 0 Å². The predicted molar refractivity (Wildman–Crippen MR) is 124 cm³/mol. The third-order valence-corrected chi connectivity index (χ3v) is 5.85. The maximum Gasteiger partial charge on any atom is 0.244 e. The number of hydrogen-bond donors (Lipinski definition) is 1. The number of pyridine rings is 1. The summed E-state index contributed by atoms with van der Waals surface area (Å²) in [6.07, 6.45) is 9.04. The Morgan fingerprint density at radius 3 is 2.80 bits per heavy atom. The number of carbonyl (C=O) groups is 1. The van der Waals surface area contributed by atoms with Crippen LogP contribution in [0.4, 0.5) is 5.69 Å². The van der Waals surface area contributed by atoms with Crippen LogP contribution in [-0.4, -0.2) is 64.8 Å². The van der Waals surface area contributed by atoms with Gasteiger partial charge < -0.3 is 15.1 Å². The standard InChI is InChI=1S/C21H30N6O.2ClH/c1-17-14-23-8-5-20(17)25-9-3-10-26(13-12-25)21(28)16-27-11-6-19(24-27)18-4-2-7-22-15-18;;/h5-6,8,11,14,18,22H,2-4,7,9-10,12-13,15-16H2,1H3;2*1H. The average molecular weight is 455 g/mol. The SMILES string of the molecule is Cc1cnccc1N1CCCN(C(=O)Cn2ccc(C3CCCNC3)n2)CC1.Cl.Cl. The van der Waals surface area contributed by atoms with Gasteiger partial charge in [-0.25, -0.2) is 0 Å². The van der Waals surface area contributed by atoms with E-state index in [1.165, 1.54) is 24.1 Å². The molecular formula is C21H32Cl2N6O. The molecule has 166 valence electrons. The number of nitrogens with one attached hydrogen (secondary N) is 1. The topological polar surface area (TPSA) is 66.3 Å². The van der Waals surface area contributed by atoms with Crippen molar-refractivity contribution in [2.45, 2.75) is 38.6 Å². The molecule has 2 aromatic heterocycles. The lowest BCUT2D eigenvalue weighted by molar-refractivity contribution is -0.131. The van der Waals surface area contributed by atoms with Crippen molar-refractivity contribution in [3.8, 4) is 0 Å². The van der Waals surface area contributed by atoms with Crippen LogP contribution in [-0.2, 0) is 11.3 Å². The second-order valence-corrected chi connectivity index (χ2v) is 7.87. The quantitative estimate of drug-likeness (QED) is 0.768. The molecule has 2 aromatic rings. The minimum absolute atomic E-state index is 0. The number of rotatable bonds is 4. The van der Waals surface area contributed by atoms with Crippen LogP contribution in [0, 0.1) is 6.92 Å². The van der Waals surface area contributed by atoms with Gasteiger partial charge in [0.2, 0.25) is 5.91 Å². The second kappa shape index (κ2) is 11.5. The van der Waals surface area contributed by atoms with Gasteiger partial charge >= 0.3 is 0 Å². The van der Waals surface area contributed by atoms with Gasteiger partial charge in [0.05, 0.1) is 5.69 Å². The van der Waals surface area contributed by atoms with E-state index in [2.05, 4.69) is 39.4 Å². The smallest absolute Gasteiger partial charge is 0.244 e. The number of aryl methyl sites for hydroxylation is 1. The lowest BCUT2D eigenvalue weighted by Crippen LogP contribution is -2.37. The molecule has 2 fully saturated rings. The molecule has 1 amide bonds. The highest BCUT2D eigenvalue weighted by Crippen LogP contribution is 2.22. The molecule has 2 aliphatic rings. The summed E-state index contributed by atoms with van der Waals surface area (Å²) in [5.74, 6) is 0.630. The summed E-state index contributed by atoms with van der Waals surface area (Å²) in [4.78, 5) is 21.4. The lowest BCUT2D eigenvalue weighted by atomic mass is 9.97. The van der Waals surface area contributed by atoms with Crippen LogP contribution >= 0.6 is 24.8 Å². The summed E-state index contributed by atoms with van der Waals surface area (Å²) in [5, 5.41) is 8.11. The molecule has 1 atom stereocenters. The van der Waals surface area contributed by atoms with Gasteiger partial charge in [0, 0.05) is 62.9 Å². The van der Waals surface area contributed by atoms with Gasteiger partial charge in [-0.15, -0.1) is 24.8 Å². The molecule has 0 bridgehead atoms. The Morgan fingerprint density at radius 1 is 1.17 bits per heavy atom. The van der Waals surface area contributed by atoms with Gasteiger partial charge in [-0.3, -0.25) is 14.5 Å². The fourth-order valence-electron chi connectivity index (χ4n) is 4.25. The van der Waals surface area contributed by atoms with Crippen LogP contribution in [0.25, 0.3) is 0 Å². The molecule has 4 heterocycles. The second-order valence-electron chi connectivity index (χ2n) is 7.87. The van der Waals surface area contributed by atoms with Crippen molar-refractivity contribution in [2.24, 2.45) is 0 Å². The predicted octanol–water partition coefficient (Wildman–Crippen LogP) is 2.64. The van der Waals surface area contributed by atoms with Crippen LogP contribution in [0.2, 0.25) is 0 Å². The highest BCUT2D eigenvalue weighted by atomic mass is 35.5. The van der Waals surface area contributed by atoms with Crippen LogP contribution < -0.4 is 10.2 Å². The van der Waals surface area contributed by atoms with Crippen molar-refractivity contribution in [2.75, 3.05) is 44.2 Å². The molecule has 0 aliphatic carbocycles. The fraction of sp³-hybridized carbons (Fsp3) is 0.571. The van der Waals surface area contributed by atoms with E-state index in [1.54, 1.807) is 0 Å². The number of hydrogen-bond acceptors (Lipinski definition) is 5. The minimum Gasteiger partial charge on any atom is -0.369 e. The van der Waals surface area contributed by atoms with Gasteiger partial charge in [-0.05, 0) is 50.4 Å². The molecule has 2 aliphatic heterocycles. The van der Waals surface area contributed by atoms with Crippen molar-refractivity contribution >= 4 is 36.4 Å². The highest BCUT2D eigenvalue weighted by Gasteiger charge is 2.22. The molecule has 0 spiro atoms. The number of aromatic nitrogens is 3. The number of halogens is 2. The van der Waals surface area contributed by atoms with E-state index in [0.717, 1.165) is 51.4 Å². The maximum atomic E-state index is 12.8. The van der Waals surface area contributed by atoms with Gasteiger partial charge in [0.15, 0.2) is 0 Å². The summed E-state index contributed by atoms with van der Waals surface area (Å²) < 4.78 is 1.81. The van der Waals surface area contributed by atoms with Gasteiger partial charge in [0.1, 0.15) is 6.54 Å². The normalized spacial score (nSPS) is 19.4. The van der Waals surface area contributed by atoms with Gasteiger partial charge in [-0.2, -0.15) is 5.10 Å². The Balaban J connectivity index is 0.00000160. The minimum atomic E-state index is 0. The Morgan fingerprint density at radius 2 is 2.03 bits per heavy atom. The van der Waals surface area contributed by atoms with Crippen LogP contribution in [0.1, 0.15) is 36.4 Å². The Kier molecular flexibility index (Phi) is 9.39. The third-order valence-electron chi connectivity index (χ3n) is 5.85. The van der Waals surface area contributed by atoms with Crippen LogP contribution in [0.3, 0.4) is 0 Å². The third kappa shape index (κ3) is 5.86. The molecule has 2 saturated heterocycles. The van der Waals surface area contributed by atoms with E-state index < -0.39 is 0 Å². The van der Waals surface area contributed by atoms with Crippen LogP contribution in [0.15, 0.2) is 30.7 Å². The van der Waals surface area contributed by atoms with Crippen LogP contribution in [0.5, 0.6) is 0 Å². The van der Waals surface area contributed by atoms with Crippen molar-refractivity contribution < 1.29 is 4.79 Å². The summed E-state index contributed by atoms with van der Waals surface area (Å²) in [6.45, 7) is 7.88. The largest absolute Gasteiger partial charge is 0.369 e. The fourth-order valence-corrected chi connectivity index (χ4v) is 4.25. The molecule has 30 heavy (non-hydrogen) atoms. The monoisotopic (exact) mass is 454 g/mol. The van der Waals surface area contributed by atoms with E-state index in [4.69, 9.17) is 0 Å². The Bertz CT molecular complexity index is 808. The zero-order chi connectivity index (χ0) is 19.3. The Labute approximate surface area is 191 Å². The number of carbonyl (C=O) groups excluding carboxylic acids is 1. The summed E-state index contributed by atoms with van der Waals surface area (Å²) in [5.41, 5.74) is 3.51. The van der Waals surface area contributed by atoms with Crippen molar-refractivity contribution in [3.05, 3.63) is 42.0 Å². The number of nitrogens with zero attached hydrogens (tertiary/aromatic N) is 5. The molecule has 0 radical (unpaired) electrons. The molecule has 0 saturated carbocycles. The lowest BCUT2D eigenvalue weighted by Gasteiger charge is -2.25. The molecule has 4 rings (SSSR count). The zero-order valence-corrected chi connectivity index (χ0v) is 19.1. The molecule has 1 N–H and O–H groups in total. The number of anilines is 1. The van der Waals surface area contributed by atoms with Crippen molar-refractivity contribution in [1.82, 2.24) is 25.0 Å². The molecule has 1 unspecified atom stereocenters. The average Bonchev–Trinajstić information content (AvgIpc) is 3.04. The summed E-state index contributed by atoms with van der Waals surface area (Å²) in [7, 11) is 0. The molecule has 9 heteroatoms. The first kappa shape index (κ1) is 24.4. The van der Waals surface area contributed by atoms with Gasteiger partial charge in [-0.1, -0.05) is 0 Å². The van der Waals surface area contributed by atoms with E-state index in [-0.39, 0.29) is 30.7 Å². The van der Waals surface area contributed by atoms with E-state index >= 15 is 0 Å². The molecule has 0 aromatic carbocycles. The summed E-state index contributed by atoms with van der Waals surface area (Å²) in [6, 6.07) is 4.14. The van der Waals surface area contributed by atoms with Gasteiger partial charge in [0.25, 0.3) is 0 Å². The highest BCUT2D eigenvalue weighted by molar-refractivity contribution is 5.85. The van der Waals surface area contributed by atoms with E-state index in [1.807, 2.05) is 28.2 Å².